The number of aromatic amines is 1. The highest BCUT2D eigenvalue weighted by Gasteiger charge is 2.27. The number of halogens is 2. The number of benzene rings is 1. The lowest BCUT2D eigenvalue weighted by atomic mass is 10.2. The van der Waals surface area contributed by atoms with Gasteiger partial charge in [0.25, 0.3) is 5.91 Å². The van der Waals surface area contributed by atoms with E-state index in [9.17, 15) is 13.6 Å². The minimum absolute atomic E-state index is 0.0957. The van der Waals surface area contributed by atoms with Crippen LogP contribution < -0.4 is 5.32 Å². The second kappa shape index (κ2) is 5.36. The Morgan fingerprint density at radius 3 is 2.95 bits per heavy atom. The number of amides is 1. The van der Waals surface area contributed by atoms with Crippen LogP contribution >= 0.6 is 12.2 Å². The average molecular weight is 310 g/mol. The molecular weight excluding hydrogens is 298 g/mol. The van der Waals surface area contributed by atoms with Gasteiger partial charge in [0.1, 0.15) is 11.6 Å². The molecule has 1 aromatic heterocycles. The van der Waals surface area contributed by atoms with Crippen molar-refractivity contribution in [3.05, 3.63) is 46.0 Å². The van der Waals surface area contributed by atoms with E-state index in [-0.39, 0.29) is 12.1 Å². The number of hydrogen-bond donors (Lipinski definition) is 2. The van der Waals surface area contributed by atoms with Crippen LogP contribution in [0.5, 0.6) is 0 Å². The molecule has 0 radical (unpaired) electrons. The maximum atomic E-state index is 13.5. The summed E-state index contributed by atoms with van der Waals surface area (Å²) in [5, 5.41) is 9.24. The van der Waals surface area contributed by atoms with Crippen LogP contribution in [0, 0.1) is 16.4 Å². The number of nitrogens with zero attached hydrogens (tertiary/aromatic N) is 2. The van der Waals surface area contributed by atoms with Gasteiger partial charge in [-0.2, -0.15) is 5.10 Å². The molecule has 0 unspecified atom stereocenters. The van der Waals surface area contributed by atoms with Crippen molar-refractivity contribution in [1.82, 2.24) is 20.1 Å². The molecule has 1 aliphatic rings. The summed E-state index contributed by atoms with van der Waals surface area (Å²) in [5.74, 6) is -1.55. The van der Waals surface area contributed by atoms with E-state index in [0.29, 0.717) is 16.6 Å². The average Bonchev–Trinajstić information content (AvgIpc) is 3.22. The largest absolute Gasteiger partial charge is 0.345 e. The molecule has 1 fully saturated rings. The predicted octanol–water partition coefficient (Wildman–Crippen LogP) is 2.48. The Labute approximate surface area is 124 Å². The molecule has 0 bridgehead atoms. The molecule has 3 rings (SSSR count). The molecule has 2 N–H and O–H groups in total. The van der Waals surface area contributed by atoms with E-state index in [2.05, 4.69) is 15.5 Å². The van der Waals surface area contributed by atoms with Crippen LogP contribution in [0.4, 0.5) is 8.78 Å². The van der Waals surface area contributed by atoms with E-state index in [1.807, 2.05) is 4.57 Å². The molecule has 21 heavy (non-hydrogen) atoms. The lowest BCUT2D eigenvalue weighted by molar-refractivity contribution is 0.0945. The number of rotatable bonds is 4. The van der Waals surface area contributed by atoms with E-state index in [4.69, 9.17) is 12.2 Å². The van der Waals surface area contributed by atoms with Gasteiger partial charge in [0.15, 0.2) is 10.6 Å². The Bertz CT molecular complexity index is 751. The molecule has 110 valence electrons. The highest BCUT2D eigenvalue weighted by atomic mass is 32.1. The van der Waals surface area contributed by atoms with Crippen molar-refractivity contribution in [2.24, 2.45) is 0 Å². The lowest BCUT2D eigenvalue weighted by Crippen LogP contribution is -2.25. The minimum atomic E-state index is -0.769. The van der Waals surface area contributed by atoms with Gasteiger partial charge in [-0.1, -0.05) is 0 Å². The van der Waals surface area contributed by atoms with Gasteiger partial charge in [-0.25, -0.2) is 8.78 Å². The summed E-state index contributed by atoms with van der Waals surface area (Å²) in [4.78, 5) is 11.9. The summed E-state index contributed by atoms with van der Waals surface area (Å²) in [6.07, 6.45) is 2.04. The van der Waals surface area contributed by atoms with Crippen molar-refractivity contribution >= 4 is 18.1 Å². The van der Waals surface area contributed by atoms with E-state index >= 15 is 0 Å². The fourth-order valence-electron chi connectivity index (χ4n) is 2.10. The van der Waals surface area contributed by atoms with Crippen molar-refractivity contribution < 1.29 is 13.6 Å². The van der Waals surface area contributed by atoms with Crippen LogP contribution in [-0.4, -0.2) is 20.7 Å². The van der Waals surface area contributed by atoms with Gasteiger partial charge < -0.3 is 5.32 Å². The Morgan fingerprint density at radius 1 is 1.48 bits per heavy atom. The summed E-state index contributed by atoms with van der Waals surface area (Å²) in [5.41, 5.74) is -0.331. The Balaban J connectivity index is 1.74. The summed E-state index contributed by atoms with van der Waals surface area (Å²) in [6.45, 7) is 0.0957. The highest BCUT2D eigenvalue weighted by molar-refractivity contribution is 7.71. The molecule has 1 saturated carbocycles. The highest BCUT2D eigenvalue weighted by Crippen LogP contribution is 2.35. The molecular formula is C13H12F2N4OS. The molecule has 2 aromatic rings. The topological polar surface area (TPSA) is 62.7 Å². The predicted molar refractivity (Wildman–Crippen MR) is 73.2 cm³/mol. The van der Waals surface area contributed by atoms with Crippen molar-refractivity contribution in [2.75, 3.05) is 0 Å². The van der Waals surface area contributed by atoms with Crippen molar-refractivity contribution in [3.8, 4) is 0 Å². The fraction of sp³-hybridized carbons (Fsp3) is 0.308. The molecule has 1 heterocycles. The molecule has 1 aliphatic carbocycles. The van der Waals surface area contributed by atoms with E-state index < -0.39 is 17.5 Å². The quantitative estimate of drug-likeness (QED) is 0.853. The standard InChI is InChI=1S/C13H12F2N4OS/c14-7-1-4-10(15)9(5-7)12(20)16-6-11-17-18-13(21)19(11)8-2-3-8/h1,4-5,8H,2-3,6H2,(H,16,20)(H,18,21). The number of nitrogens with one attached hydrogen (secondary N) is 2. The van der Waals surface area contributed by atoms with Gasteiger partial charge in [-0.05, 0) is 43.3 Å². The number of aromatic nitrogens is 3. The third-order valence-corrected chi connectivity index (χ3v) is 3.56. The first-order valence-corrected chi connectivity index (χ1v) is 6.86. The molecule has 0 spiro atoms. The number of carbonyl (C=O) groups is 1. The van der Waals surface area contributed by atoms with Crippen LogP contribution in [0.25, 0.3) is 0 Å². The first-order chi connectivity index (χ1) is 10.1. The number of H-pyrrole nitrogens is 1. The first kappa shape index (κ1) is 13.9. The smallest absolute Gasteiger partial charge is 0.254 e. The van der Waals surface area contributed by atoms with Gasteiger partial charge in [0.05, 0.1) is 12.1 Å². The molecule has 0 atom stereocenters. The third kappa shape index (κ3) is 2.85. The van der Waals surface area contributed by atoms with Crippen LogP contribution in [-0.2, 0) is 6.54 Å². The van der Waals surface area contributed by atoms with Gasteiger partial charge >= 0.3 is 0 Å². The van der Waals surface area contributed by atoms with Crippen molar-refractivity contribution in [2.45, 2.75) is 25.4 Å². The molecule has 1 amide bonds. The monoisotopic (exact) mass is 310 g/mol. The molecule has 1 aromatic carbocycles. The summed E-state index contributed by atoms with van der Waals surface area (Å²) in [6, 6.07) is 3.06. The van der Waals surface area contributed by atoms with E-state index in [1.54, 1.807) is 0 Å². The zero-order valence-corrected chi connectivity index (χ0v) is 11.7. The van der Waals surface area contributed by atoms with Crippen molar-refractivity contribution in [1.29, 1.82) is 0 Å². The van der Waals surface area contributed by atoms with Crippen LogP contribution in [0.15, 0.2) is 18.2 Å². The SMILES string of the molecule is O=C(NCc1n[nH]c(=S)n1C1CC1)c1cc(F)ccc1F. The number of hydrogen-bond acceptors (Lipinski definition) is 3. The van der Waals surface area contributed by atoms with Gasteiger partial charge in [0, 0.05) is 6.04 Å². The van der Waals surface area contributed by atoms with Crippen LogP contribution in [0.1, 0.15) is 35.1 Å². The second-order valence-corrected chi connectivity index (χ2v) is 5.24. The van der Waals surface area contributed by atoms with E-state index in [0.717, 1.165) is 31.0 Å². The van der Waals surface area contributed by atoms with E-state index in [1.165, 1.54) is 0 Å². The van der Waals surface area contributed by atoms with Crippen LogP contribution in [0.3, 0.4) is 0 Å². The van der Waals surface area contributed by atoms with Gasteiger partial charge in [0.2, 0.25) is 0 Å². The maximum Gasteiger partial charge on any atom is 0.254 e. The third-order valence-electron chi connectivity index (χ3n) is 3.27. The zero-order valence-electron chi connectivity index (χ0n) is 10.9. The molecule has 0 aliphatic heterocycles. The summed E-state index contributed by atoms with van der Waals surface area (Å²) >= 11 is 5.12. The number of carbonyl (C=O) groups excluding carboxylic acids is 1. The zero-order chi connectivity index (χ0) is 15.0. The van der Waals surface area contributed by atoms with Crippen molar-refractivity contribution in [3.63, 3.8) is 0 Å². The maximum absolute atomic E-state index is 13.5. The molecule has 5 nitrogen and oxygen atoms in total. The first-order valence-electron chi connectivity index (χ1n) is 6.45. The van der Waals surface area contributed by atoms with Crippen LogP contribution in [0.2, 0.25) is 0 Å². The van der Waals surface area contributed by atoms with Gasteiger partial charge in [-0.3, -0.25) is 14.5 Å². The fourth-order valence-corrected chi connectivity index (χ4v) is 2.40. The molecule has 0 saturated heterocycles. The Hall–Kier alpha value is -2.09. The summed E-state index contributed by atoms with van der Waals surface area (Å²) in [7, 11) is 0. The Kier molecular flexibility index (Phi) is 3.54. The normalized spacial score (nSPS) is 14.2. The minimum Gasteiger partial charge on any atom is -0.345 e. The molecule has 8 heteroatoms. The summed E-state index contributed by atoms with van der Waals surface area (Å²) < 4.78 is 28.9. The second-order valence-electron chi connectivity index (χ2n) is 4.85. The lowest BCUT2D eigenvalue weighted by Gasteiger charge is -2.07. The van der Waals surface area contributed by atoms with Gasteiger partial charge in [-0.15, -0.1) is 0 Å². The Morgan fingerprint density at radius 2 is 2.24 bits per heavy atom.